The highest BCUT2D eigenvalue weighted by molar-refractivity contribution is 6.74. The van der Waals surface area contributed by atoms with Gasteiger partial charge in [0.05, 0.1) is 18.7 Å². The Balaban J connectivity index is 1.92. The molecule has 0 radical (unpaired) electrons. The molecule has 3 aromatic rings. The van der Waals surface area contributed by atoms with Crippen LogP contribution in [0, 0.1) is 5.41 Å². The topological polar surface area (TPSA) is 153 Å². The second-order valence-corrected chi connectivity index (χ2v) is 22.2. The number of aromatic nitrogens is 1. The molecule has 2 aromatic carbocycles. The summed E-state index contributed by atoms with van der Waals surface area (Å²) < 4.78 is 24.3. The molecule has 0 fully saturated rings. The Labute approximate surface area is 316 Å². The third kappa shape index (κ3) is 12.1. The number of carbonyl (C=O) groups excluding carboxylic acids is 1. The minimum absolute atomic E-state index is 0.0487. The molecule has 0 bridgehead atoms. The standard InChI is InChI=1S/C41H63N3O8Si/c1-38(2,3)41(52-53(10,11)40(7,8)9,32-21-22-33(50-37(48)51-39(4,5)6)35-31(32)20-23-34(45)43-35)28-44(36(46)47)25-14-12-13-15-26-49-27-24-29-16-18-30(42)19-17-29/h16-23H,12-15,24-28,42H2,1-11H3,(H,43,45)(H,46,47)/t41-/m0/s1. The second kappa shape index (κ2) is 17.5. The zero-order valence-electron chi connectivity index (χ0n) is 33.8. The first kappa shape index (κ1) is 43.5. The molecule has 3 rings (SSSR count). The van der Waals surface area contributed by atoms with Crippen molar-refractivity contribution < 1.29 is 33.3 Å². The zero-order chi connectivity index (χ0) is 39.8. The maximum absolute atomic E-state index is 13.0. The maximum Gasteiger partial charge on any atom is 0.514 e. The molecule has 53 heavy (non-hydrogen) atoms. The molecule has 0 unspecified atom stereocenters. The first-order valence-corrected chi connectivity index (χ1v) is 21.5. The summed E-state index contributed by atoms with van der Waals surface area (Å²) in [6, 6.07) is 14.4. The normalized spacial score (nSPS) is 13.8. The Morgan fingerprint density at radius 2 is 1.49 bits per heavy atom. The third-order valence-corrected chi connectivity index (χ3v) is 14.5. The SMILES string of the molecule is CC(C)(C)OC(=O)Oc1ccc([C@](CN(CCCCCCOCCc2ccc(N)cc2)C(=O)O)(O[Si](C)(C)C(C)(C)C)C(C)(C)C)c2ccc(=O)[nH]c12. The van der Waals surface area contributed by atoms with Crippen LogP contribution in [0.4, 0.5) is 15.3 Å². The lowest BCUT2D eigenvalue weighted by Crippen LogP contribution is -2.59. The third-order valence-electron chi connectivity index (χ3n) is 9.99. The van der Waals surface area contributed by atoms with Crippen LogP contribution < -0.4 is 16.0 Å². The molecule has 4 N–H and O–H groups in total. The van der Waals surface area contributed by atoms with Crippen molar-refractivity contribution in [2.75, 3.05) is 32.0 Å². The lowest BCUT2D eigenvalue weighted by Gasteiger charge is -2.53. The van der Waals surface area contributed by atoms with Gasteiger partial charge in [-0.2, -0.15) is 0 Å². The first-order valence-electron chi connectivity index (χ1n) is 18.6. The van der Waals surface area contributed by atoms with Gasteiger partial charge in [-0.15, -0.1) is 0 Å². The summed E-state index contributed by atoms with van der Waals surface area (Å²) in [4.78, 5) is 42.8. The summed E-state index contributed by atoms with van der Waals surface area (Å²) in [5, 5.41) is 11.0. The van der Waals surface area contributed by atoms with Gasteiger partial charge < -0.3 is 39.4 Å². The van der Waals surface area contributed by atoms with Crippen molar-refractivity contribution in [2.45, 2.75) is 124 Å². The molecule has 0 aliphatic rings. The van der Waals surface area contributed by atoms with E-state index in [1.54, 1.807) is 32.9 Å². The number of hydrogen-bond acceptors (Lipinski definition) is 8. The molecule has 1 amide bonds. The molecule has 1 aromatic heterocycles. The van der Waals surface area contributed by atoms with Gasteiger partial charge >= 0.3 is 12.2 Å². The van der Waals surface area contributed by atoms with Crippen LogP contribution in [-0.2, 0) is 25.9 Å². The molecule has 1 atom stereocenters. The van der Waals surface area contributed by atoms with E-state index in [0.717, 1.165) is 31.4 Å². The Kier molecular flexibility index (Phi) is 14.4. The van der Waals surface area contributed by atoms with Gasteiger partial charge in [-0.05, 0) is 99.0 Å². The van der Waals surface area contributed by atoms with E-state index in [1.165, 1.54) is 16.5 Å². The number of nitrogens with zero attached hydrogens (tertiary/aromatic N) is 1. The number of anilines is 1. The number of unbranched alkanes of at least 4 members (excludes halogenated alkanes) is 3. The number of H-pyrrole nitrogens is 1. The van der Waals surface area contributed by atoms with Crippen molar-refractivity contribution in [1.82, 2.24) is 9.88 Å². The number of nitrogen functional groups attached to an aromatic ring is 1. The van der Waals surface area contributed by atoms with Gasteiger partial charge in [0.25, 0.3) is 0 Å². The monoisotopic (exact) mass is 753 g/mol. The Morgan fingerprint density at radius 3 is 2.08 bits per heavy atom. The fourth-order valence-corrected chi connectivity index (χ4v) is 7.58. The summed E-state index contributed by atoms with van der Waals surface area (Å²) in [5.41, 5.74) is 5.71. The van der Waals surface area contributed by atoms with Gasteiger partial charge in [0.15, 0.2) is 14.1 Å². The number of benzene rings is 2. The van der Waals surface area contributed by atoms with Crippen LogP contribution in [0.25, 0.3) is 10.9 Å². The van der Waals surface area contributed by atoms with Gasteiger partial charge in [0.2, 0.25) is 5.56 Å². The van der Waals surface area contributed by atoms with Crippen LogP contribution in [0.1, 0.15) is 99.1 Å². The maximum atomic E-state index is 13.0. The van der Waals surface area contributed by atoms with Gasteiger partial charge in [0, 0.05) is 30.3 Å². The number of fused-ring (bicyclic) bond motifs is 1. The molecule has 0 saturated carbocycles. The number of rotatable bonds is 16. The highest BCUT2D eigenvalue weighted by Gasteiger charge is 2.53. The summed E-state index contributed by atoms with van der Waals surface area (Å²) in [6.45, 7) is 23.8. The molecular formula is C41H63N3O8Si. The number of nitrogens with one attached hydrogen (secondary N) is 1. The molecule has 0 spiro atoms. The summed E-state index contributed by atoms with van der Waals surface area (Å²) in [7, 11) is -2.60. The van der Waals surface area contributed by atoms with E-state index in [4.69, 9.17) is 24.4 Å². The average Bonchev–Trinajstić information content (AvgIpc) is 3.01. The molecule has 1 heterocycles. The van der Waals surface area contributed by atoms with Gasteiger partial charge in [-0.25, -0.2) is 9.59 Å². The Morgan fingerprint density at radius 1 is 0.849 bits per heavy atom. The number of amides is 1. The van der Waals surface area contributed by atoms with E-state index in [1.807, 2.05) is 30.3 Å². The molecular weight excluding hydrogens is 691 g/mol. The highest BCUT2D eigenvalue weighted by Crippen LogP contribution is 2.51. The van der Waals surface area contributed by atoms with Crippen LogP contribution >= 0.6 is 0 Å². The Hall–Kier alpha value is -3.87. The lowest BCUT2D eigenvalue weighted by molar-refractivity contribution is -0.0695. The molecule has 11 nitrogen and oxygen atoms in total. The highest BCUT2D eigenvalue weighted by atomic mass is 28.4. The predicted molar refractivity (Wildman–Crippen MR) is 214 cm³/mol. The summed E-state index contributed by atoms with van der Waals surface area (Å²) in [6.07, 6.45) is 2.20. The van der Waals surface area contributed by atoms with E-state index in [0.29, 0.717) is 42.6 Å². The number of ether oxygens (including phenoxy) is 3. The quantitative estimate of drug-likeness (QED) is 0.0427. The largest absolute Gasteiger partial charge is 0.514 e. The second-order valence-electron chi connectivity index (χ2n) is 17.5. The number of carboxylic acid groups (broad SMARTS) is 1. The number of pyridine rings is 1. The smallest absolute Gasteiger partial charge is 0.465 e. The minimum atomic E-state index is -2.60. The van der Waals surface area contributed by atoms with Crippen molar-refractivity contribution in [3.63, 3.8) is 0 Å². The van der Waals surface area contributed by atoms with E-state index in [9.17, 15) is 19.5 Å². The van der Waals surface area contributed by atoms with Crippen molar-refractivity contribution in [3.05, 3.63) is 70.0 Å². The molecule has 294 valence electrons. The van der Waals surface area contributed by atoms with Crippen LogP contribution in [-0.4, -0.2) is 67.5 Å². The van der Waals surface area contributed by atoms with Crippen LogP contribution in [0.5, 0.6) is 5.75 Å². The van der Waals surface area contributed by atoms with Crippen molar-refractivity contribution in [2.24, 2.45) is 5.41 Å². The average molecular weight is 754 g/mol. The molecule has 0 saturated heterocycles. The molecule has 0 aliphatic heterocycles. The Bertz CT molecular complexity index is 1740. The van der Waals surface area contributed by atoms with Gasteiger partial charge in [0.1, 0.15) is 11.2 Å². The van der Waals surface area contributed by atoms with E-state index in [-0.39, 0.29) is 22.9 Å². The van der Waals surface area contributed by atoms with E-state index >= 15 is 0 Å². The van der Waals surface area contributed by atoms with Crippen molar-refractivity contribution in [1.29, 1.82) is 0 Å². The lowest BCUT2D eigenvalue weighted by atomic mass is 9.70. The number of nitrogens with two attached hydrogens (primary N) is 1. The number of aromatic amines is 1. The summed E-state index contributed by atoms with van der Waals surface area (Å²) >= 11 is 0. The van der Waals surface area contributed by atoms with Crippen molar-refractivity contribution in [3.8, 4) is 5.75 Å². The van der Waals surface area contributed by atoms with E-state index < -0.39 is 37.2 Å². The van der Waals surface area contributed by atoms with Crippen LogP contribution in [0.2, 0.25) is 18.1 Å². The summed E-state index contributed by atoms with van der Waals surface area (Å²) in [5.74, 6) is 0.121. The number of carbonyl (C=O) groups is 2. The first-order chi connectivity index (χ1) is 24.5. The fraction of sp³-hybridized carbons (Fsp3) is 0.585. The minimum Gasteiger partial charge on any atom is -0.465 e. The van der Waals surface area contributed by atoms with Crippen LogP contribution in [0.15, 0.2) is 53.3 Å². The molecule has 0 aliphatic carbocycles. The van der Waals surface area contributed by atoms with Crippen molar-refractivity contribution >= 4 is 37.2 Å². The fourth-order valence-electron chi connectivity index (χ4n) is 5.93. The predicted octanol–water partition coefficient (Wildman–Crippen LogP) is 9.49. The molecule has 12 heteroatoms. The van der Waals surface area contributed by atoms with E-state index in [2.05, 4.69) is 59.6 Å². The van der Waals surface area contributed by atoms with Gasteiger partial charge in [-0.3, -0.25) is 4.79 Å². The van der Waals surface area contributed by atoms with Gasteiger partial charge in [-0.1, -0.05) is 72.6 Å². The van der Waals surface area contributed by atoms with Crippen LogP contribution in [0.3, 0.4) is 0 Å². The number of hydrogen-bond donors (Lipinski definition) is 3. The zero-order valence-corrected chi connectivity index (χ0v) is 34.8.